The van der Waals surface area contributed by atoms with Gasteiger partial charge in [-0.1, -0.05) is 0 Å². The van der Waals surface area contributed by atoms with Crippen molar-refractivity contribution in [3.05, 3.63) is 28.8 Å². The Morgan fingerprint density at radius 2 is 1.95 bits per heavy atom. The first kappa shape index (κ1) is 15.1. The van der Waals surface area contributed by atoms with E-state index in [4.69, 9.17) is 0 Å². The van der Waals surface area contributed by atoms with Crippen molar-refractivity contribution in [2.75, 3.05) is 13.1 Å². The maximum absolute atomic E-state index is 12.8. The number of carbonyl (C=O) groups is 1. The first-order valence-electron chi connectivity index (χ1n) is 6.87. The average Bonchev–Trinajstić information content (AvgIpc) is 3.17. The molecule has 1 saturated heterocycles. The number of alkyl halides is 3. The summed E-state index contributed by atoms with van der Waals surface area (Å²) >= 11 is 1.18. The maximum atomic E-state index is 12.8. The molecular formula is C14H14F3N3OS. The van der Waals surface area contributed by atoms with Gasteiger partial charge in [-0.15, -0.1) is 11.3 Å². The first-order chi connectivity index (χ1) is 10.4. The second-order valence-electron chi connectivity index (χ2n) is 5.20. The highest BCUT2D eigenvalue weighted by Crippen LogP contribution is 2.34. The van der Waals surface area contributed by atoms with Crippen LogP contribution in [0.5, 0.6) is 0 Å². The molecule has 3 heterocycles. The van der Waals surface area contributed by atoms with E-state index < -0.39 is 11.9 Å². The van der Waals surface area contributed by atoms with Gasteiger partial charge in [0.2, 0.25) is 0 Å². The number of amides is 1. The van der Waals surface area contributed by atoms with Crippen LogP contribution in [0.15, 0.2) is 18.2 Å². The van der Waals surface area contributed by atoms with Crippen LogP contribution in [0.4, 0.5) is 13.2 Å². The van der Waals surface area contributed by atoms with Crippen LogP contribution in [0.3, 0.4) is 0 Å². The summed E-state index contributed by atoms with van der Waals surface area (Å²) in [7, 11) is 1.26. The highest BCUT2D eigenvalue weighted by molar-refractivity contribution is 7.17. The molecule has 1 aliphatic heterocycles. The van der Waals surface area contributed by atoms with Crippen LogP contribution in [0.1, 0.15) is 28.2 Å². The van der Waals surface area contributed by atoms with Gasteiger partial charge in [-0.3, -0.25) is 9.48 Å². The van der Waals surface area contributed by atoms with Gasteiger partial charge in [0.1, 0.15) is 11.4 Å². The Kier molecular flexibility index (Phi) is 3.72. The van der Waals surface area contributed by atoms with E-state index in [1.807, 2.05) is 0 Å². The Hall–Kier alpha value is -1.83. The fourth-order valence-corrected chi connectivity index (χ4v) is 3.45. The molecule has 1 fully saturated rings. The van der Waals surface area contributed by atoms with Gasteiger partial charge in [0.05, 0.1) is 9.75 Å². The SMILES string of the molecule is Cn1nc(-c2ccc(C(=O)N3CCCC3)s2)cc1C(F)(F)F. The van der Waals surface area contributed by atoms with E-state index in [0.717, 1.165) is 36.7 Å². The third-order valence-corrected chi connectivity index (χ3v) is 4.73. The lowest BCUT2D eigenvalue weighted by molar-refractivity contribution is -0.143. The molecule has 0 radical (unpaired) electrons. The normalized spacial score (nSPS) is 15.5. The number of thiophene rings is 1. The zero-order valence-electron chi connectivity index (χ0n) is 11.9. The number of hydrogen-bond donors (Lipinski definition) is 0. The van der Waals surface area contributed by atoms with Gasteiger partial charge in [0.25, 0.3) is 5.91 Å². The molecule has 1 aliphatic rings. The third kappa shape index (κ3) is 2.75. The molecule has 0 atom stereocenters. The summed E-state index contributed by atoms with van der Waals surface area (Å²) in [6.07, 6.45) is -2.44. The van der Waals surface area contributed by atoms with Crippen LogP contribution in [-0.4, -0.2) is 33.7 Å². The quantitative estimate of drug-likeness (QED) is 0.847. The average molecular weight is 329 g/mol. The molecule has 8 heteroatoms. The maximum Gasteiger partial charge on any atom is 0.433 e. The van der Waals surface area contributed by atoms with E-state index in [1.54, 1.807) is 17.0 Å². The van der Waals surface area contributed by atoms with Gasteiger partial charge in [-0.25, -0.2) is 0 Å². The first-order valence-corrected chi connectivity index (χ1v) is 7.68. The van der Waals surface area contributed by atoms with Gasteiger partial charge >= 0.3 is 6.18 Å². The van der Waals surface area contributed by atoms with Crippen LogP contribution < -0.4 is 0 Å². The molecule has 0 aromatic carbocycles. The van der Waals surface area contributed by atoms with Crippen molar-refractivity contribution in [1.29, 1.82) is 0 Å². The van der Waals surface area contributed by atoms with Crippen molar-refractivity contribution in [3.8, 4) is 10.6 Å². The van der Waals surface area contributed by atoms with Crippen molar-refractivity contribution < 1.29 is 18.0 Å². The van der Waals surface area contributed by atoms with Crippen LogP contribution in [0.25, 0.3) is 10.6 Å². The van der Waals surface area contributed by atoms with Crippen LogP contribution in [0, 0.1) is 0 Å². The van der Waals surface area contributed by atoms with Crippen LogP contribution >= 0.6 is 11.3 Å². The number of hydrogen-bond acceptors (Lipinski definition) is 3. The minimum atomic E-state index is -4.44. The lowest BCUT2D eigenvalue weighted by atomic mass is 10.3. The summed E-state index contributed by atoms with van der Waals surface area (Å²) in [6, 6.07) is 4.31. The Bertz CT molecular complexity index is 698. The van der Waals surface area contributed by atoms with Crippen molar-refractivity contribution in [2.24, 2.45) is 7.05 Å². The molecule has 0 spiro atoms. The highest BCUT2D eigenvalue weighted by Gasteiger charge is 2.35. The van der Waals surface area contributed by atoms with Crippen molar-refractivity contribution in [2.45, 2.75) is 19.0 Å². The molecule has 0 bridgehead atoms. The molecule has 1 amide bonds. The summed E-state index contributed by atoms with van der Waals surface area (Å²) in [5, 5.41) is 3.90. The third-order valence-electron chi connectivity index (χ3n) is 3.63. The van der Waals surface area contributed by atoms with Gasteiger partial charge in [0, 0.05) is 20.1 Å². The lowest BCUT2D eigenvalue weighted by Gasteiger charge is -2.13. The molecular weight excluding hydrogens is 315 g/mol. The topological polar surface area (TPSA) is 38.1 Å². The zero-order valence-corrected chi connectivity index (χ0v) is 12.7. The molecule has 0 N–H and O–H groups in total. The number of halogens is 3. The smallest absolute Gasteiger partial charge is 0.338 e. The number of carbonyl (C=O) groups excluding carboxylic acids is 1. The predicted octanol–water partition coefficient (Wildman–Crippen LogP) is 3.40. The molecule has 118 valence electrons. The largest absolute Gasteiger partial charge is 0.433 e. The van der Waals surface area contributed by atoms with Crippen molar-refractivity contribution in [1.82, 2.24) is 14.7 Å². The fourth-order valence-electron chi connectivity index (χ4n) is 2.52. The Labute approximate surface area is 129 Å². The van der Waals surface area contributed by atoms with E-state index in [0.29, 0.717) is 9.75 Å². The second kappa shape index (κ2) is 5.42. The second-order valence-corrected chi connectivity index (χ2v) is 6.28. The van der Waals surface area contributed by atoms with Gasteiger partial charge < -0.3 is 4.90 Å². The molecule has 3 rings (SSSR count). The zero-order chi connectivity index (χ0) is 15.9. The Balaban J connectivity index is 1.86. The number of rotatable bonds is 2. The van der Waals surface area contributed by atoms with Crippen LogP contribution in [-0.2, 0) is 13.2 Å². The Morgan fingerprint density at radius 1 is 1.27 bits per heavy atom. The molecule has 22 heavy (non-hydrogen) atoms. The summed E-state index contributed by atoms with van der Waals surface area (Å²) in [5.41, 5.74) is -0.566. The summed E-state index contributed by atoms with van der Waals surface area (Å²) < 4.78 is 39.2. The minimum absolute atomic E-state index is 0.0549. The molecule has 2 aromatic heterocycles. The van der Waals surface area contributed by atoms with Crippen molar-refractivity contribution >= 4 is 17.2 Å². The fraction of sp³-hybridized carbons (Fsp3) is 0.429. The summed E-state index contributed by atoms with van der Waals surface area (Å²) in [6.45, 7) is 1.49. The molecule has 2 aromatic rings. The van der Waals surface area contributed by atoms with Gasteiger partial charge in [-0.2, -0.15) is 18.3 Å². The molecule has 0 aliphatic carbocycles. The number of aromatic nitrogens is 2. The summed E-state index contributed by atoms with van der Waals surface area (Å²) in [5.74, 6) is -0.0549. The predicted molar refractivity (Wildman–Crippen MR) is 76.7 cm³/mol. The highest BCUT2D eigenvalue weighted by atomic mass is 32.1. The number of aryl methyl sites for hydroxylation is 1. The summed E-state index contributed by atoms with van der Waals surface area (Å²) in [4.78, 5) is 15.1. The Morgan fingerprint density at radius 3 is 2.55 bits per heavy atom. The van der Waals surface area contributed by atoms with Crippen LogP contribution in [0.2, 0.25) is 0 Å². The number of likely N-dealkylation sites (tertiary alicyclic amines) is 1. The van der Waals surface area contributed by atoms with E-state index >= 15 is 0 Å². The van der Waals surface area contributed by atoms with E-state index in [1.165, 1.54) is 18.4 Å². The molecule has 4 nitrogen and oxygen atoms in total. The standard InChI is InChI=1S/C14H14F3N3OS/c1-19-12(14(15,16)17)8-9(18-19)10-4-5-11(22-10)13(21)20-6-2-3-7-20/h4-5,8H,2-3,6-7H2,1H3. The van der Waals surface area contributed by atoms with E-state index in [-0.39, 0.29) is 11.6 Å². The minimum Gasteiger partial charge on any atom is -0.338 e. The molecule has 0 saturated carbocycles. The van der Waals surface area contributed by atoms with Gasteiger partial charge in [0.15, 0.2) is 0 Å². The van der Waals surface area contributed by atoms with E-state index in [2.05, 4.69) is 5.10 Å². The monoisotopic (exact) mass is 329 g/mol. The van der Waals surface area contributed by atoms with Gasteiger partial charge in [-0.05, 0) is 31.0 Å². The van der Waals surface area contributed by atoms with Crippen molar-refractivity contribution in [3.63, 3.8) is 0 Å². The van der Waals surface area contributed by atoms with E-state index in [9.17, 15) is 18.0 Å². The number of nitrogens with zero attached hydrogens (tertiary/aromatic N) is 3. The molecule has 0 unspecified atom stereocenters. The lowest BCUT2D eigenvalue weighted by Crippen LogP contribution is -2.26.